The highest BCUT2D eigenvalue weighted by Gasteiger charge is 2.27. The lowest BCUT2D eigenvalue weighted by Gasteiger charge is -2.09. The number of imidazole rings is 1. The van der Waals surface area contributed by atoms with Gasteiger partial charge in [-0.25, -0.2) is 4.98 Å². The Morgan fingerprint density at radius 1 is 1.15 bits per heavy atom. The fourth-order valence-corrected chi connectivity index (χ4v) is 2.70. The normalized spacial score (nSPS) is 11.7. The van der Waals surface area contributed by atoms with Crippen molar-refractivity contribution in [2.45, 2.75) is 26.3 Å². The molecule has 0 bridgehead atoms. The summed E-state index contributed by atoms with van der Waals surface area (Å²) in [5, 5.41) is 2.78. The monoisotopic (exact) mass is 377 g/mol. The predicted octanol–water partition coefficient (Wildman–Crippen LogP) is 4.39. The van der Waals surface area contributed by atoms with Crippen molar-refractivity contribution in [1.82, 2.24) is 9.55 Å². The molecule has 1 amide bonds. The van der Waals surface area contributed by atoms with E-state index in [-0.39, 0.29) is 12.5 Å². The van der Waals surface area contributed by atoms with Gasteiger partial charge in [0.2, 0.25) is 5.95 Å². The van der Waals surface area contributed by atoms with Crippen molar-refractivity contribution >= 4 is 22.9 Å². The molecular formula is C19H18F3N3O2. The molecule has 1 N–H and O–H groups in total. The van der Waals surface area contributed by atoms with Crippen LogP contribution in [-0.4, -0.2) is 28.2 Å². The van der Waals surface area contributed by atoms with E-state index in [4.69, 9.17) is 0 Å². The Balaban J connectivity index is 1.68. The number of aromatic nitrogens is 2. The Kier molecular flexibility index (Phi) is 5.46. The molecule has 3 aromatic rings. The smallest absolute Gasteiger partial charge is 0.367 e. The number of rotatable bonds is 6. The number of para-hydroxylation sites is 2. The number of carbonyl (C=O) groups is 1. The molecular weight excluding hydrogens is 359 g/mol. The predicted molar refractivity (Wildman–Crippen MR) is 95.5 cm³/mol. The van der Waals surface area contributed by atoms with Crippen molar-refractivity contribution in [3.05, 3.63) is 59.7 Å². The number of alkyl halides is 3. The van der Waals surface area contributed by atoms with Gasteiger partial charge in [-0.1, -0.05) is 24.3 Å². The number of benzene rings is 2. The van der Waals surface area contributed by atoms with Crippen LogP contribution in [0.3, 0.4) is 0 Å². The Bertz CT molecular complexity index is 934. The highest BCUT2D eigenvalue weighted by molar-refractivity contribution is 6.04. The molecule has 0 aliphatic heterocycles. The maximum Gasteiger partial charge on any atom is 0.411 e. The van der Waals surface area contributed by atoms with E-state index in [2.05, 4.69) is 15.0 Å². The summed E-state index contributed by atoms with van der Waals surface area (Å²) in [5.74, 6) is 0.101. The van der Waals surface area contributed by atoms with Crippen molar-refractivity contribution in [3.8, 4) is 0 Å². The molecule has 142 valence electrons. The SMILES string of the molecule is CCn1c(NC(=O)c2ccc(COCC(F)(F)F)cc2)nc2ccccc21. The molecule has 0 fully saturated rings. The summed E-state index contributed by atoms with van der Waals surface area (Å²) in [6, 6.07) is 13.8. The molecule has 27 heavy (non-hydrogen) atoms. The molecule has 0 spiro atoms. The Hall–Kier alpha value is -2.87. The fourth-order valence-electron chi connectivity index (χ4n) is 2.70. The zero-order valence-electron chi connectivity index (χ0n) is 14.6. The third-order valence-corrected chi connectivity index (χ3v) is 3.95. The largest absolute Gasteiger partial charge is 0.411 e. The summed E-state index contributed by atoms with van der Waals surface area (Å²) >= 11 is 0. The van der Waals surface area contributed by atoms with Gasteiger partial charge < -0.3 is 9.30 Å². The zero-order chi connectivity index (χ0) is 19.4. The molecule has 0 aliphatic carbocycles. The van der Waals surface area contributed by atoms with Crippen LogP contribution in [0.15, 0.2) is 48.5 Å². The van der Waals surface area contributed by atoms with E-state index >= 15 is 0 Å². The molecule has 0 unspecified atom stereocenters. The molecule has 2 aromatic carbocycles. The first-order chi connectivity index (χ1) is 12.9. The van der Waals surface area contributed by atoms with E-state index in [9.17, 15) is 18.0 Å². The molecule has 3 rings (SSSR count). The van der Waals surface area contributed by atoms with Crippen molar-refractivity contribution in [2.75, 3.05) is 11.9 Å². The standard InChI is InChI=1S/C19H18F3N3O2/c1-2-25-16-6-4-3-5-15(16)23-18(25)24-17(26)14-9-7-13(8-10-14)11-27-12-19(20,21)22/h3-10H,2,11-12H2,1H3,(H,23,24,26). The number of carbonyl (C=O) groups excluding carboxylic acids is 1. The summed E-state index contributed by atoms with van der Waals surface area (Å²) in [4.78, 5) is 16.9. The van der Waals surface area contributed by atoms with Gasteiger partial charge in [0.05, 0.1) is 17.6 Å². The molecule has 5 nitrogen and oxygen atoms in total. The van der Waals surface area contributed by atoms with Crippen LogP contribution in [0.4, 0.5) is 19.1 Å². The van der Waals surface area contributed by atoms with Crippen LogP contribution in [0, 0.1) is 0 Å². The van der Waals surface area contributed by atoms with Gasteiger partial charge in [-0.3, -0.25) is 10.1 Å². The van der Waals surface area contributed by atoms with Gasteiger partial charge in [0.1, 0.15) is 6.61 Å². The second kappa shape index (κ2) is 7.79. The van der Waals surface area contributed by atoms with E-state index in [1.807, 2.05) is 35.8 Å². The first kappa shape index (κ1) is 18.9. The quantitative estimate of drug-likeness (QED) is 0.693. The Morgan fingerprint density at radius 3 is 2.52 bits per heavy atom. The van der Waals surface area contributed by atoms with Crippen LogP contribution in [-0.2, 0) is 17.9 Å². The van der Waals surface area contributed by atoms with E-state index in [1.165, 1.54) is 0 Å². The Labute approximate surface area is 153 Å². The number of ether oxygens (including phenoxy) is 1. The van der Waals surface area contributed by atoms with Crippen LogP contribution in [0.25, 0.3) is 11.0 Å². The van der Waals surface area contributed by atoms with Crippen molar-refractivity contribution in [1.29, 1.82) is 0 Å². The van der Waals surface area contributed by atoms with Gasteiger partial charge in [0.15, 0.2) is 0 Å². The maximum atomic E-state index is 12.5. The molecule has 1 heterocycles. The lowest BCUT2D eigenvalue weighted by Crippen LogP contribution is -2.17. The van der Waals surface area contributed by atoms with Crippen molar-refractivity contribution in [3.63, 3.8) is 0 Å². The number of hydrogen-bond donors (Lipinski definition) is 1. The molecule has 0 atom stereocenters. The van der Waals surface area contributed by atoms with Crippen molar-refractivity contribution < 1.29 is 22.7 Å². The van der Waals surface area contributed by atoms with Crippen molar-refractivity contribution in [2.24, 2.45) is 0 Å². The molecule has 0 radical (unpaired) electrons. The van der Waals surface area contributed by atoms with E-state index in [1.54, 1.807) is 24.3 Å². The van der Waals surface area contributed by atoms with Crippen LogP contribution < -0.4 is 5.32 Å². The molecule has 1 aromatic heterocycles. The van der Waals surface area contributed by atoms with Crippen LogP contribution in [0.2, 0.25) is 0 Å². The summed E-state index contributed by atoms with van der Waals surface area (Å²) in [7, 11) is 0. The third kappa shape index (κ3) is 4.65. The summed E-state index contributed by atoms with van der Waals surface area (Å²) in [5.41, 5.74) is 2.64. The maximum absolute atomic E-state index is 12.5. The van der Waals surface area contributed by atoms with Crippen LogP contribution in [0.5, 0.6) is 0 Å². The number of nitrogens with one attached hydrogen (secondary N) is 1. The van der Waals surface area contributed by atoms with Gasteiger partial charge in [-0.05, 0) is 36.8 Å². The second-order valence-corrected chi connectivity index (χ2v) is 5.93. The van der Waals surface area contributed by atoms with E-state index in [0.717, 1.165) is 11.0 Å². The van der Waals surface area contributed by atoms with Gasteiger partial charge in [0, 0.05) is 12.1 Å². The molecule has 8 heteroatoms. The van der Waals surface area contributed by atoms with E-state index in [0.29, 0.717) is 23.6 Å². The minimum atomic E-state index is -4.36. The number of fused-ring (bicyclic) bond motifs is 1. The number of aryl methyl sites for hydroxylation is 1. The Morgan fingerprint density at radius 2 is 1.85 bits per heavy atom. The zero-order valence-corrected chi connectivity index (χ0v) is 14.6. The van der Waals surface area contributed by atoms with Gasteiger partial charge in [-0.2, -0.15) is 13.2 Å². The highest BCUT2D eigenvalue weighted by Crippen LogP contribution is 2.20. The number of nitrogens with zero attached hydrogens (tertiary/aromatic N) is 2. The summed E-state index contributed by atoms with van der Waals surface area (Å²) < 4.78 is 42.8. The second-order valence-electron chi connectivity index (χ2n) is 5.93. The van der Waals surface area contributed by atoms with Crippen LogP contribution >= 0.6 is 0 Å². The van der Waals surface area contributed by atoms with Gasteiger partial charge in [0.25, 0.3) is 5.91 Å². The minimum absolute atomic E-state index is 0.174. The molecule has 0 aliphatic rings. The number of halogens is 3. The van der Waals surface area contributed by atoms with Gasteiger partial charge >= 0.3 is 6.18 Å². The third-order valence-electron chi connectivity index (χ3n) is 3.95. The first-order valence-corrected chi connectivity index (χ1v) is 8.37. The molecule has 0 saturated heterocycles. The number of anilines is 1. The van der Waals surface area contributed by atoms with E-state index < -0.39 is 12.8 Å². The van der Waals surface area contributed by atoms with Gasteiger partial charge in [-0.15, -0.1) is 0 Å². The number of amides is 1. The average molecular weight is 377 g/mol. The number of hydrogen-bond acceptors (Lipinski definition) is 3. The minimum Gasteiger partial charge on any atom is -0.367 e. The fraction of sp³-hybridized carbons (Fsp3) is 0.263. The summed E-state index contributed by atoms with van der Waals surface area (Å²) in [6.45, 7) is 1.13. The lowest BCUT2D eigenvalue weighted by atomic mass is 10.1. The molecule has 0 saturated carbocycles. The average Bonchev–Trinajstić information content (AvgIpc) is 2.98. The summed E-state index contributed by atoms with van der Waals surface area (Å²) in [6.07, 6.45) is -4.36. The van der Waals surface area contributed by atoms with Crippen LogP contribution in [0.1, 0.15) is 22.8 Å². The lowest BCUT2D eigenvalue weighted by molar-refractivity contribution is -0.176. The highest BCUT2D eigenvalue weighted by atomic mass is 19.4. The first-order valence-electron chi connectivity index (χ1n) is 8.37. The topological polar surface area (TPSA) is 56.2 Å².